The Balaban J connectivity index is 1.17. The van der Waals surface area contributed by atoms with Gasteiger partial charge in [0.15, 0.2) is 5.82 Å². The Hall–Kier alpha value is -3.37. The number of benzene rings is 2. The molecule has 0 bridgehead atoms. The number of hydrogen-bond acceptors (Lipinski definition) is 6. The maximum Gasteiger partial charge on any atom is 0.319 e. The number of aryl methyl sites for hydroxylation is 2. The standard InChI is InChI=1S/C28H36FN7O2/c1-19-12-23(27-32-33-34-35(27)2)15-25(13-19)30-28(37)31-26-18-38-11-9-22(26)17-36-10-3-4-21(16-36)14-20-5-7-24(29)8-6-20/h5-8,12-13,15,21-22,26H,3-4,9-11,14,16-18H2,1-2H3,(H2,30,31,37)/t21-,22-,26+/m0/s1. The molecule has 2 amide bonds. The van der Waals surface area contributed by atoms with Gasteiger partial charge in [-0.25, -0.2) is 13.9 Å². The Morgan fingerprint density at radius 2 is 2.03 bits per heavy atom. The minimum absolute atomic E-state index is 0.0616. The number of amides is 2. The predicted molar refractivity (Wildman–Crippen MR) is 143 cm³/mol. The van der Waals surface area contributed by atoms with Crippen molar-refractivity contribution < 1.29 is 13.9 Å². The van der Waals surface area contributed by atoms with Crippen LogP contribution in [0, 0.1) is 24.6 Å². The minimum Gasteiger partial charge on any atom is -0.379 e. The fourth-order valence-electron chi connectivity index (χ4n) is 5.72. The van der Waals surface area contributed by atoms with Crippen LogP contribution in [0.3, 0.4) is 0 Å². The zero-order valence-electron chi connectivity index (χ0n) is 22.1. The summed E-state index contributed by atoms with van der Waals surface area (Å²) in [6.45, 7) is 6.22. The van der Waals surface area contributed by atoms with E-state index in [4.69, 9.17) is 4.74 Å². The summed E-state index contributed by atoms with van der Waals surface area (Å²) >= 11 is 0. The Morgan fingerprint density at radius 3 is 2.82 bits per heavy atom. The number of urea groups is 1. The van der Waals surface area contributed by atoms with Crippen molar-refractivity contribution in [2.75, 3.05) is 38.2 Å². The van der Waals surface area contributed by atoms with E-state index in [9.17, 15) is 9.18 Å². The summed E-state index contributed by atoms with van der Waals surface area (Å²) in [6.07, 6.45) is 4.23. The van der Waals surface area contributed by atoms with Crippen molar-refractivity contribution in [2.45, 2.75) is 38.6 Å². The van der Waals surface area contributed by atoms with Crippen molar-refractivity contribution in [1.82, 2.24) is 30.4 Å². The highest BCUT2D eigenvalue weighted by molar-refractivity contribution is 5.90. The van der Waals surface area contributed by atoms with Gasteiger partial charge >= 0.3 is 6.03 Å². The van der Waals surface area contributed by atoms with Crippen molar-refractivity contribution in [3.63, 3.8) is 0 Å². The smallest absolute Gasteiger partial charge is 0.319 e. The zero-order valence-corrected chi connectivity index (χ0v) is 22.1. The van der Waals surface area contributed by atoms with Gasteiger partial charge in [-0.15, -0.1) is 5.10 Å². The van der Waals surface area contributed by atoms with Crippen LogP contribution in [-0.4, -0.2) is 70.0 Å². The number of carbonyl (C=O) groups excluding carboxylic acids is 1. The van der Waals surface area contributed by atoms with Crippen molar-refractivity contribution in [3.05, 3.63) is 59.4 Å². The number of nitrogens with zero attached hydrogens (tertiary/aromatic N) is 5. The molecule has 3 aromatic rings. The highest BCUT2D eigenvalue weighted by Crippen LogP contribution is 2.25. The molecular weight excluding hydrogens is 485 g/mol. The lowest BCUT2D eigenvalue weighted by Gasteiger charge is -2.39. The Labute approximate surface area is 222 Å². The summed E-state index contributed by atoms with van der Waals surface area (Å²) in [5.41, 5.74) is 3.72. The topological polar surface area (TPSA) is 97.2 Å². The van der Waals surface area contributed by atoms with Gasteiger partial charge in [0.1, 0.15) is 5.82 Å². The van der Waals surface area contributed by atoms with Crippen LogP contribution in [0.5, 0.6) is 0 Å². The summed E-state index contributed by atoms with van der Waals surface area (Å²) in [5, 5.41) is 17.8. The van der Waals surface area contributed by atoms with E-state index >= 15 is 0 Å². The molecule has 1 aromatic heterocycles. The first-order chi connectivity index (χ1) is 18.4. The lowest BCUT2D eigenvalue weighted by Crippen LogP contribution is -2.52. The SMILES string of the molecule is Cc1cc(NC(=O)N[C@@H]2COCC[C@H]2CN2CCC[C@@H](Cc3ccc(F)cc3)C2)cc(-c2nnnn2C)c1. The molecule has 0 saturated carbocycles. The fraction of sp³-hybridized carbons (Fsp3) is 0.500. The number of carbonyl (C=O) groups is 1. The molecule has 10 heteroatoms. The summed E-state index contributed by atoms with van der Waals surface area (Å²) in [5.74, 6) is 1.32. The van der Waals surface area contributed by atoms with Gasteiger partial charge in [-0.2, -0.15) is 0 Å². The number of likely N-dealkylation sites (tertiary alicyclic amines) is 1. The maximum absolute atomic E-state index is 13.3. The summed E-state index contributed by atoms with van der Waals surface area (Å²) in [7, 11) is 1.79. The minimum atomic E-state index is -0.244. The van der Waals surface area contributed by atoms with E-state index in [-0.39, 0.29) is 17.9 Å². The van der Waals surface area contributed by atoms with Gasteiger partial charge in [0, 0.05) is 38.0 Å². The first-order valence-corrected chi connectivity index (χ1v) is 13.4. The summed E-state index contributed by atoms with van der Waals surface area (Å²) in [4.78, 5) is 15.5. The zero-order chi connectivity index (χ0) is 26.5. The number of aromatic nitrogens is 4. The van der Waals surface area contributed by atoms with E-state index in [2.05, 4.69) is 31.1 Å². The van der Waals surface area contributed by atoms with Crippen LogP contribution in [0.4, 0.5) is 14.9 Å². The molecular formula is C28H36FN7O2. The van der Waals surface area contributed by atoms with E-state index in [0.29, 0.717) is 36.6 Å². The van der Waals surface area contributed by atoms with Crippen LogP contribution in [-0.2, 0) is 18.2 Å². The Bertz CT molecular complexity index is 1230. The van der Waals surface area contributed by atoms with Gasteiger partial charge in [-0.05, 0) is 103 Å². The van der Waals surface area contributed by atoms with Gasteiger partial charge in [0.25, 0.3) is 0 Å². The molecule has 0 radical (unpaired) electrons. The van der Waals surface area contributed by atoms with Gasteiger partial charge < -0.3 is 20.3 Å². The van der Waals surface area contributed by atoms with Crippen molar-refractivity contribution in [3.8, 4) is 11.4 Å². The molecule has 2 fully saturated rings. The summed E-state index contributed by atoms with van der Waals surface area (Å²) < 4.78 is 20.6. The third-order valence-electron chi connectivity index (χ3n) is 7.56. The number of halogens is 1. The van der Waals surface area contributed by atoms with Gasteiger partial charge in [0.2, 0.25) is 0 Å². The number of anilines is 1. The van der Waals surface area contributed by atoms with Crippen LogP contribution in [0.25, 0.3) is 11.4 Å². The van der Waals surface area contributed by atoms with E-state index in [1.54, 1.807) is 23.9 Å². The first kappa shape index (κ1) is 26.2. The van der Waals surface area contributed by atoms with E-state index in [1.807, 2.05) is 37.3 Å². The van der Waals surface area contributed by atoms with Crippen molar-refractivity contribution in [2.24, 2.45) is 18.9 Å². The third kappa shape index (κ3) is 6.73. The molecule has 0 unspecified atom stereocenters. The molecule has 9 nitrogen and oxygen atoms in total. The highest BCUT2D eigenvalue weighted by atomic mass is 19.1. The quantitative estimate of drug-likeness (QED) is 0.491. The number of tetrazole rings is 1. The van der Waals surface area contributed by atoms with Crippen LogP contribution in [0.2, 0.25) is 0 Å². The number of nitrogens with one attached hydrogen (secondary N) is 2. The molecule has 0 spiro atoms. The van der Waals surface area contributed by atoms with Crippen LogP contribution in [0.1, 0.15) is 30.4 Å². The Morgan fingerprint density at radius 1 is 1.18 bits per heavy atom. The molecule has 2 aromatic carbocycles. The molecule has 2 N–H and O–H groups in total. The van der Waals surface area contributed by atoms with Crippen LogP contribution >= 0.6 is 0 Å². The second-order valence-corrected chi connectivity index (χ2v) is 10.6. The normalized spacial score (nSPS) is 22.2. The van der Waals surface area contributed by atoms with E-state index < -0.39 is 0 Å². The molecule has 2 aliphatic heterocycles. The second kappa shape index (κ2) is 12.0. The molecule has 3 atom stereocenters. The first-order valence-electron chi connectivity index (χ1n) is 13.4. The van der Waals surface area contributed by atoms with Crippen molar-refractivity contribution in [1.29, 1.82) is 0 Å². The van der Waals surface area contributed by atoms with Crippen LogP contribution < -0.4 is 10.6 Å². The molecule has 5 rings (SSSR count). The molecule has 2 aliphatic rings. The molecule has 2 saturated heterocycles. The monoisotopic (exact) mass is 521 g/mol. The lowest BCUT2D eigenvalue weighted by atomic mass is 9.89. The average Bonchev–Trinajstić information content (AvgIpc) is 3.32. The molecule has 202 valence electrons. The van der Waals surface area contributed by atoms with E-state index in [0.717, 1.165) is 50.0 Å². The summed E-state index contributed by atoms with van der Waals surface area (Å²) in [6, 6.07) is 12.4. The number of ether oxygens (including phenoxy) is 1. The maximum atomic E-state index is 13.3. The highest BCUT2D eigenvalue weighted by Gasteiger charge is 2.31. The second-order valence-electron chi connectivity index (χ2n) is 10.6. The molecule has 38 heavy (non-hydrogen) atoms. The third-order valence-corrected chi connectivity index (χ3v) is 7.56. The largest absolute Gasteiger partial charge is 0.379 e. The Kier molecular flexibility index (Phi) is 8.29. The fourth-order valence-corrected chi connectivity index (χ4v) is 5.72. The number of hydrogen-bond donors (Lipinski definition) is 2. The average molecular weight is 522 g/mol. The molecule has 0 aliphatic carbocycles. The van der Waals surface area contributed by atoms with Gasteiger partial charge in [0.05, 0.1) is 12.6 Å². The number of piperidine rings is 1. The molecule has 3 heterocycles. The van der Waals surface area contributed by atoms with E-state index in [1.165, 1.54) is 12.0 Å². The predicted octanol–water partition coefficient (Wildman–Crippen LogP) is 3.81. The van der Waals surface area contributed by atoms with Gasteiger partial charge in [-0.3, -0.25) is 0 Å². The van der Waals surface area contributed by atoms with Crippen molar-refractivity contribution >= 4 is 11.7 Å². The van der Waals surface area contributed by atoms with Gasteiger partial charge in [-0.1, -0.05) is 12.1 Å². The lowest BCUT2D eigenvalue weighted by molar-refractivity contribution is 0.0215. The number of rotatable bonds is 7. The van der Waals surface area contributed by atoms with Crippen LogP contribution in [0.15, 0.2) is 42.5 Å².